The van der Waals surface area contributed by atoms with E-state index >= 15 is 0 Å². The van der Waals surface area contributed by atoms with Gasteiger partial charge in [0.1, 0.15) is 6.04 Å². The number of hydrogen-bond donors (Lipinski definition) is 1. The number of piperazine rings is 1. The van der Waals surface area contributed by atoms with Gasteiger partial charge < -0.3 is 10.2 Å². The Balaban J connectivity index is 1.87. The van der Waals surface area contributed by atoms with Crippen molar-refractivity contribution in [2.75, 3.05) is 13.1 Å². The molecule has 6 heteroatoms. The monoisotopic (exact) mass is 374 g/mol. The van der Waals surface area contributed by atoms with Crippen molar-refractivity contribution < 1.29 is 9.59 Å². The van der Waals surface area contributed by atoms with E-state index in [9.17, 15) is 9.59 Å². The topological polar surface area (TPSA) is 75.2 Å². The quantitative estimate of drug-likeness (QED) is 0.765. The van der Waals surface area contributed by atoms with Crippen LogP contribution in [0.25, 0.3) is 22.3 Å². The Bertz CT molecular complexity index is 1050. The van der Waals surface area contributed by atoms with E-state index < -0.39 is 6.04 Å². The predicted octanol–water partition coefficient (Wildman–Crippen LogP) is 2.96. The van der Waals surface area contributed by atoms with E-state index in [4.69, 9.17) is 4.98 Å². The molecule has 0 aliphatic carbocycles. The molecule has 0 saturated carbocycles. The van der Waals surface area contributed by atoms with Crippen molar-refractivity contribution in [1.29, 1.82) is 0 Å². The lowest BCUT2D eigenvalue weighted by Crippen LogP contribution is -2.56. The fourth-order valence-corrected chi connectivity index (χ4v) is 3.68. The van der Waals surface area contributed by atoms with Crippen molar-refractivity contribution in [3.63, 3.8) is 0 Å². The van der Waals surface area contributed by atoms with E-state index in [0.29, 0.717) is 36.5 Å². The summed E-state index contributed by atoms with van der Waals surface area (Å²) in [6.45, 7) is 4.88. The van der Waals surface area contributed by atoms with E-state index in [2.05, 4.69) is 10.3 Å². The summed E-state index contributed by atoms with van der Waals surface area (Å²) >= 11 is 0. The van der Waals surface area contributed by atoms with Crippen LogP contribution in [-0.2, 0) is 4.79 Å². The Morgan fingerprint density at radius 2 is 2.07 bits per heavy atom. The van der Waals surface area contributed by atoms with Crippen molar-refractivity contribution in [2.45, 2.75) is 26.3 Å². The number of carbonyl (C=O) groups excluding carboxylic acids is 2. The Morgan fingerprint density at radius 3 is 2.82 bits per heavy atom. The van der Waals surface area contributed by atoms with Gasteiger partial charge in [-0.3, -0.25) is 14.6 Å². The van der Waals surface area contributed by atoms with Gasteiger partial charge in [-0.2, -0.15) is 0 Å². The van der Waals surface area contributed by atoms with Gasteiger partial charge in [0.2, 0.25) is 5.91 Å². The lowest BCUT2D eigenvalue weighted by atomic mass is 10.0. The summed E-state index contributed by atoms with van der Waals surface area (Å²) in [6.07, 6.45) is 2.28. The number of hydrogen-bond acceptors (Lipinski definition) is 4. The van der Waals surface area contributed by atoms with E-state index in [1.807, 2.05) is 50.2 Å². The van der Waals surface area contributed by atoms with Gasteiger partial charge in [-0.05, 0) is 43.7 Å². The maximum atomic E-state index is 13.5. The van der Waals surface area contributed by atoms with E-state index in [0.717, 1.165) is 16.5 Å². The number of rotatable bonds is 3. The maximum Gasteiger partial charge on any atom is 0.255 e. The molecule has 1 saturated heterocycles. The van der Waals surface area contributed by atoms with Gasteiger partial charge >= 0.3 is 0 Å². The lowest BCUT2D eigenvalue weighted by Gasteiger charge is -2.34. The van der Waals surface area contributed by atoms with Crippen LogP contribution < -0.4 is 5.32 Å². The largest absolute Gasteiger partial charge is 0.353 e. The van der Waals surface area contributed by atoms with Crippen LogP contribution in [0.1, 0.15) is 29.3 Å². The summed E-state index contributed by atoms with van der Waals surface area (Å²) < 4.78 is 0. The van der Waals surface area contributed by atoms with Gasteiger partial charge in [0.25, 0.3) is 5.91 Å². The summed E-state index contributed by atoms with van der Waals surface area (Å²) in [5, 5.41) is 3.64. The second-order valence-electron chi connectivity index (χ2n) is 7.00. The molecule has 142 valence electrons. The standard InChI is InChI=1S/C22H22N4O2/c1-3-20-21(27)24-10-11-26(20)22(28)16-13-19(18-6-4-5-9-23-18)25-17-8-7-14(2)12-15(16)17/h4-9,12-13,20H,3,10-11H2,1-2H3,(H,24,27)/t20-/m1/s1. The minimum absolute atomic E-state index is 0.0957. The molecule has 28 heavy (non-hydrogen) atoms. The summed E-state index contributed by atoms with van der Waals surface area (Å²) in [4.78, 5) is 36.5. The normalized spacial score (nSPS) is 16.9. The van der Waals surface area contributed by atoms with Gasteiger partial charge in [-0.1, -0.05) is 24.6 Å². The third-order valence-electron chi connectivity index (χ3n) is 5.10. The fraction of sp³-hybridized carbons (Fsp3) is 0.273. The summed E-state index contributed by atoms with van der Waals surface area (Å²) in [6, 6.07) is 12.8. The minimum Gasteiger partial charge on any atom is -0.353 e. The molecule has 0 spiro atoms. The molecular weight excluding hydrogens is 352 g/mol. The van der Waals surface area contributed by atoms with Crippen molar-refractivity contribution in [3.05, 3.63) is 59.8 Å². The van der Waals surface area contributed by atoms with Gasteiger partial charge in [0.05, 0.1) is 22.5 Å². The van der Waals surface area contributed by atoms with Crippen molar-refractivity contribution in [2.24, 2.45) is 0 Å². The lowest BCUT2D eigenvalue weighted by molar-refractivity contribution is -0.127. The number of aromatic nitrogens is 2. The summed E-state index contributed by atoms with van der Waals surface area (Å²) in [5.41, 5.74) is 3.71. The molecule has 1 aliphatic rings. The highest BCUT2D eigenvalue weighted by Crippen LogP contribution is 2.27. The van der Waals surface area contributed by atoms with Gasteiger partial charge in [-0.25, -0.2) is 4.98 Å². The number of amides is 2. The Hall–Kier alpha value is -3.28. The molecule has 1 fully saturated rings. The number of benzene rings is 1. The Kier molecular flexibility index (Phi) is 4.77. The number of fused-ring (bicyclic) bond motifs is 1. The average Bonchev–Trinajstić information content (AvgIpc) is 2.73. The van der Waals surface area contributed by atoms with E-state index in [1.54, 1.807) is 17.2 Å². The molecule has 1 aliphatic heterocycles. The zero-order valence-corrected chi connectivity index (χ0v) is 16.0. The average molecular weight is 374 g/mol. The molecule has 3 aromatic rings. The van der Waals surface area contributed by atoms with Crippen LogP contribution in [-0.4, -0.2) is 45.8 Å². The van der Waals surface area contributed by atoms with Crippen LogP contribution in [0.5, 0.6) is 0 Å². The third kappa shape index (κ3) is 3.22. The van der Waals surface area contributed by atoms with Crippen LogP contribution in [0, 0.1) is 6.92 Å². The van der Waals surface area contributed by atoms with Gasteiger partial charge in [0, 0.05) is 24.7 Å². The molecule has 1 atom stereocenters. The SMILES string of the molecule is CC[C@@H]1C(=O)NCCN1C(=O)c1cc(-c2ccccn2)nc2ccc(C)cc12. The van der Waals surface area contributed by atoms with Crippen molar-refractivity contribution >= 4 is 22.7 Å². The van der Waals surface area contributed by atoms with Gasteiger partial charge in [-0.15, -0.1) is 0 Å². The summed E-state index contributed by atoms with van der Waals surface area (Å²) in [5.74, 6) is -0.238. The number of pyridine rings is 2. The number of nitrogens with zero attached hydrogens (tertiary/aromatic N) is 3. The zero-order valence-electron chi connectivity index (χ0n) is 16.0. The van der Waals surface area contributed by atoms with Crippen LogP contribution in [0.3, 0.4) is 0 Å². The smallest absolute Gasteiger partial charge is 0.255 e. The molecule has 1 N–H and O–H groups in total. The number of carbonyl (C=O) groups is 2. The van der Waals surface area contributed by atoms with Crippen LogP contribution in [0.15, 0.2) is 48.7 Å². The molecule has 6 nitrogen and oxygen atoms in total. The number of nitrogens with one attached hydrogen (secondary N) is 1. The Labute approximate surface area is 163 Å². The fourth-order valence-electron chi connectivity index (χ4n) is 3.68. The van der Waals surface area contributed by atoms with E-state index in [-0.39, 0.29) is 11.8 Å². The van der Waals surface area contributed by atoms with Crippen LogP contribution in [0.2, 0.25) is 0 Å². The highest BCUT2D eigenvalue weighted by atomic mass is 16.2. The second-order valence-corrected chi connectivity index (χ2v) is 7.00. The molecular formula is C22H22N4O2. The highest BCUT2D eigenvalue weighted by molar-refractivity contribution is 6.08. The van der Waals surface area contributed by atoms with Crippen molar-refractivity contribution in [3.8, 4) is 11.4 Å². The first kappa shape index (κ1) is 18.1. The van der Waals surface area contributed by atoms with Crippen molar-refractivity contribution in [1.82, 2.24) is 20.2 Å². The molecule has 0 unspecified atom stereocenters. The molecule has 0 radical (unpaired) electrons. The second kappa shape index (κ2) is 7.38. The van der Waals surface area contributed by atoms with E-state index in [1.165, 1.54) is 0 Å². The summed E-state index contributed by atoms with van der Waals surface area (Å²) in [7, 11) is 0. The predicted molar refractivity (Wildman–Crippen MR) is 108 cm³/mol. The highest BCUT2D eigenvalue weighted by Gasteiger charge is 2.33. The molecule has 3 heterocycles. The van der Waals surface area contributed by atoms with Crippen LogP contribution in [0.4, 0.5) is 0 Å². The first-order chi connectivity index (χ1) is 13.6. The molecule has 2 aromatic heterocycles. The first-order valence-electron chi connectivity index (χ1n) is 9.50. The first-order valence-corrected chi connectivity index (χ1v) is 9.50. The molecule has 1 aromatic carbocycles. The molecule has 4 rings (SSSR count). The zero-order chi connectivity index (χ0) is 19.7. The molecule has 0 bridgehead atoms. The van der Waals surface area contributed by atoms with Gasteiger partial charge in [0.15, 0.2) is 0 Å². The third-order valence-corrected chi connectivity index (χ3v) is 5.10. The van der Waals surface area contributed by atoms with Crippen LogP contribution >= 0.6 is 0 Å². The minimum atomic E-state index is -0.451. The maximum absolute atomic E-state index is 13.5. The molecule has 2 amide bonds. The Morgan fingerprint density at radius 1 is 1.21 bits per heavy atom. The number of aryl methyl sites for hydroxylation is 1.